The van der Waals surface area contributed by atoms with E-state index in [2.05, 4.69) is 4.74 Å². The van der Waals surface area contributed by atoms with Crippen LogP contribution in [0.1, 0.15) is 11.1 Å². The molecular weight excluding hydrogens is 261 g/mol. The lowest BCUT2D eigenvalue weighted by molar-refractivity contribution is -0.187. The lowest BCUT2D eigenvalue weighted by Crippen LogP contribution is -2.36. The summed E-state index contributed by atoms with van der Waals surface area (Å²) in [7, 11) is 0. The van der Waals surface area contributed by atoms with Gasteiger partial charge in [-0.25, -0.2) is 0 Å². The van der Waals surface area contributed by atoms with Gasteiger partial charge < -0.3 is 16.2 Å². The van der Waals surface area contributed by atoms with Gasteiger partial charge in [0, 0.05) is 6.54 Å². The zero-order chi connectivity index (χ0) is 14.5. The fourth-order valence-corrected chi connectivity index (χ4v) is 1.41. The highest BCUT2D eigenvalue weighted by Gasteiger charge is 2.30. The van der Waals surface area contributed by atoms with Crippen molar-refractivity contribution in [2.24, 2.45) is 11.5 Å². The van der Waals surface area contributed by atoms with Crippen LogP contribution in [-0.4, -0.2) is 24.8 Å². The average Bonchev–Trinajstić information content (AvgIpc) is 2.36. The number of hydrogen-bond acceptors (Lipinski definition) is 4. The topological polar surface area (TPSA) is 78.3 Å². The second-order valence-electron chi connectivity index (χ2n) is 4.05. The summed E-state index contributed by atoms with van der Waals surface area (Å²) in [6, 6.07) is 5.86. The van der Waals surface area contributed by atoms with Crippen LogP contribution >= 0.6 is 0 Å². The number of esters is 1. The maximum atomic E-state index is 11.9. The fraction of sp³-hybridized carbons (Fsp3) is 0.417. The number of carbonyl (C=O) groups excluding carboxylic acids is 1. The van der Waals surface area contributed by atoms with Crippen LogP contribution in [0.3, 0.4) is 0 Å². The van der Waals surface area contributed by atoms with Gasteiger partial charge in [0.05, 0.1) is 0 Å². The fourth-order valence-electron chi connectivity index (χ4n) is 1.41. The predicted octanol–water partition coefficient (Wildman–Crippen LogP) is 1.12. The highest BCUT2D eigenvalue weighted by atomic mass is 19.4. The van der Waals surface area contributed by atoms with Gasteiger partial charge in [-0.1, -0.05) is 24.3 Å². The normalized spacial score (nSPS) is 13.1. The maximum absolute atomic E-state index is 11.9. The zero-order valence-electron chi connectivity index (χ0n) is 10.1. The molecular formula is C12H15F3N2O2. The van der Waals surface area contributed by atoms with Crippen LogP contribution in [-0.2, 0) is 22.5 Å². The highest BCUT2D eigenvalue weighted by Crippen LogP contribution is 2.15. The average molecular weight is 276 g/mol. The van der Waals surface area contributed by atoms with E-state index in [1.54, 1.807) is 24.3 Å². The minimum atomic E-state index is -4.54. The van der Waals surface area contributed by atoms with Gasteiger partial charge in [0.25, 0.3) is 0 Å². The van der Waals surface area contributed by atoms with Crippen LogP contribution in [0.4, 0.5) is 13.2 Å². The Morgan fingerprint density at radius 1 is 1.21 bits per heavy atom. The molecule has 106 valence electrons. The van der Waals surface area contributed by atoms with E-state index in [0.29, 0.717) is 6.54 Å². The number of rotatable bonds is 5. The van der Waals surface area contributed by atoms with Crippen LogP contribution in [0.15, 0.2) is 24.3 Å². The Kier molecular flexibility index (Phi) is 5.31. The van der Waals surface area contributed by atoms with Crippen molar-refractivity contribution in [2.45, 2.75) is 25.2 Å². The maximum Gasteiger partial charge on any atom is 0.422 e. The van der Waals surface area contributed by atoms with Crippen molar-refractivity contribution in [1.82, 2.24) is 0 Å². The standard InChI is InChI=1S/C12H15F3N2O2/c13-12(14,15)7-19-11(18)10(17)5-8-1-3-9(6-16)4-2-8/h1-4,10H,5-7,16-17H2/t10-/m0/s1. The summed E-state index contributed by atoms with van der Waals surface area (Å²) < 4.78 is 39.7. The Morgan fingerprint density at radius 2 is 1.74 bits per heavy atom. The third kappa shape index (κ3) is 5.71. The van der Waals surface area contributed by atoms with E-state index in [-0.39, 0.29) is 6.42 Å². The molecule has 19 heavy (non-hydrogen) atoms. The molecule has 0 bridgehead atoms. The summed E-state index contributed by atoms with van der Waals surface area (Å²) in [4.78, 5) is 11.2. The zero-order valence-corrected chi connectivity index (χ0v) is 10.1. The van der Waals surface area contributed by atoms with E-state index in [4.69, 9.17) is 11.5 Å². The summed E-state index contributed by atoms with van der Waals surface area (Å²) >= 11 is 0. The quantitative estimate of drug-likeness (QED) is 0.790. The minimum absolute atomic E-state index is 0.113. The van der Waals surface area contributed by atoms with E-state index in [9.17, 15) is 18.0 Å². The Balaban J connectivity index is 2.49. The number of ether oxygens (including phenoxy) is 1. The smallest absolute Gasteiger partial charge is 0.422 e. The van der Waals surface area contributed by atoms with E-state index in [1.807, 2.05) is 0 Å². The molecule has 0 spiro atoms. The van der Waals surface area contributed by atoms with Gasteiger partial charge in [-0.15, -0.1) is 0 Å². The first kappa shape index (κ1) is 15.5. The summed E-state index contributed by atoms with van der Waals surface area (Å²) in [5.41, 5.74) is 12.6. The lowest BCUT2D eigenvalue weighted by Gasteiger charge is -2.13. The Hall–Kier alpha value is -1.60. The molecule has 1 rings (SSSR count). The molecule has 0 aliphatic heterocycles. The molecule has 0 fully saturated rings. The lowest BCUT2D eigenvalue weighted by atomic mass is 10.0. The summed E-state index contributed by atoms with van der Waals surface area (Å²) in [6.45, 7) is -1.23. The van der Waals surface area contributed by atoms with Crippen molar-refractivity contribution >= 4 is 5.97 Å². The molecule has 1 aromatic rings. The number of halogens is 3. The second-order valence-corrected chi connectivity index (χ2v) is 4.05. The molecule has 0 unspecified atom stereocenters. The largest absolute Gasteiger partial charge is 0.455 e. The van der Waals surface area contributed by atoms with Crippen molar-refractivity contribution in [2.75, 3.05) is 6.61 Å². The van der Waals surface area contributed by atoms with Crippen molar-refractivity contribution in [3.63, 3.8) is 0 Å². The Bertz CT molecular complexity index is 418. The van der Waals surface area contributed by atoms with Gasteiger partial charge in [0.15, 0.2) is 6.61 Å². The number of nitrogens with two attached hydrogens (primary N) is 2. The van der Waals surface area contributed by atoms with Gasteiger partial charge in [-0.3, -0.25) is 4.79 Å². The van der Waals surface area contributed by atoms with Crippen LogP contribution in [0.2, 0.25) is 0 Å². The minimum Gasteiger partial charge on any atom is -0.455 e. The third-order valence-electron chi connectivity index (χ3n) is 2.40. The third-order valence-corrected chi connectivity index (χ3v) is 2.40. The molecule has 0 amide bonds. The van der Waals surface area contributed by atoms with Gasteiger partial charge in [-0.05, 0) is 17.5 Å². The SMILES string of the molecule is NCc1ccc(C[C@H](N)C(=O)OCC(F)(F)F)cc1. The summed E-state index contributed by atoms with van der Waals surface area (Å²) in [6.07, 6.45) is -4.43. The van der Waals surface area contributed by atoms with Crippen molar-refractivity contribution in [3.05, 3.63) is 35.4 Å². The van der Waals surface area contributed by atoms with Crippen LogP contribution in [0.25, 0.3) is 0 Å². The van der Waals surface area contributed by atoms with Crippen molar-refractivity contribution in [1.29, 1.82) is 0 Å². The first-order valence-electron chi connectivity index (χ1n) is 5.58. The molecule has 1 atom stereocenters. The van der Waals surface area contributed by atoms with Gasteiger partial charge in [-0.2, -0.15) is 13.2 Å². The van der Waals surface area contributed by atoms with Crippen molar-refractivity contribution < 1.29 is 22.7 Å². The van der Waals surface area contributed by atoms with Gasteiger partial charge in [0.1, 0.15) is 6.04 Å². The predicted molar refractivity (Wildman–Crippen MR) is 63.0 cm³/mol. The first-order valence-corrected chi connectivity index (χ1v) is 5.58. The van der Waals surface area contributed by atoms with Crippen molar-refractivity contribution in [3.8, 4) is 0 Å². The van der Waals surface area contributed by atoms with Crippen LogP contribution in [0, 0.1) is 0 Å². The Labute approximate surface area is 108 Å². The molecule has 0 heterocycles. The molecule has 4 nitrogen and oxygen atoms in total. The summed E-state index contributed by atoms with van der Waals surface area (Å²) in [5.74, 6) is -1.07. The Morgan fingerprint density at radius 3 is 2.21 bits per heavy atom. The number of carbonyl (C=O) groups is 1. The molecule has 0 aliphatic carbocycles. The van der Waals surface area contributed by atoms with E-state index < -0.39 is 24.8 Å². The number of benzene rings is 1. The number of hydrogen-bond donors (Lipinski definition) is 2. The molecule has 4 N–H and O–H groups in total. The molecule has 1 aromatic carbocycles. The van der Waals surface area contributed by atoms with Gasteiger partial charge in [0.2, 0.25) is 0 Å². The summed E-state index contributed by atoms with van der Waals surface area (Å²) in [5, 5.41) is 0. The second kappa shape index (κ2) is 6.53. The van der Waals surface area contributed by atoms with Gasteiger partial charge >= 0.3 is 12.1 Å². The molecule has 0 aromatic heterocycles. The van der Waals surface area contributed by atoms with Crippen LogP contribution in [0.5, 0.6) is 0 Å². The molecule has 0 radical (unpaired) electrons. The molecule has 0 saturated heterocycles. The van der Waals surface area contributed by atoms with Crippen LogP contribution < -0.4 is 11.5 Å². The molecule has 0 saturated carbocycles. The number of alkyl halides is 3. The van der Waals surface area contributed by atoms with E-state index in [1.165, 1.54) is 0 Å². The highest BCUT2D eigenvalue weighted by molar-refractivity contribution is 5.75. The molecule has 0 aliphatic rings. The van der Waals surface area contributed by atoms with E-state index >= 15 is 0 Å². The molecule has 7 heteroatoms. The van der Waals surface area contributed by atoms with E-state index in [0.717, 1.165) is 11.1 Å². The first-order chi connectivity index (χ1) is 8.81. The monoisotopic (exact) mass is 276 g/mol.